The number of anilines is 1. The van der Waals surface area contributed by atoms with Crippen LogP contribution in [-0.4, -0.2) is 36.5 Å². The number of halogens is 1. The molecule has 3 aromatic rings. The van der Waals surface area contributed by atoms with Gasteiger partial charge in [-0.2, -0.15) is 5.26 Å². The SMILES string of the molecule is CN[C@@H]1CCC[C@@H](CNc2cc(-c3ccc(C#N)c(F)c3)n(-c3ccc(OC)cc3)n2)C1. The van der Waals surface area contributed by atoms with Gasteiger partial charge in [0.2, 0.25) is 0 Å². The Kier molecular flexibility index (Phi) is 6.72. The summed E-state index contributed by atoms with van der Waals surface area (Å²) >= 11 is 0. The number of hydrogen-bond acceptors (Lipinski definition) is 5. The highest BCUT2D eigenvalue weighted by Crippen LogP contribution is 2.29. The predicted molar refractivity (Wildman–Crippen MR) is 124 cm³/mol. The molecule has 0 spiro atoms. The molecule has 0 amide bonds. The zero-order valence-corrected chi connectivity index (χ0v) is 18.4. The summed E-state index contributed by atoms with van der Waals surface area (Å²) in [5.74, 6) is 1.54. The van der Waals surface area contributed by atoms with Crippen LogP contribution in [0.3, 0.4) is 0 Å². The number of rotatable bonds is 7. The Bertz CT molecular complexity index is 1100. The van der Waals surface area contributed by atoms with E-state index in [-0.39, 0.29) is 5.56 Å². The summed E-state index contributed by atoms with van der Waals surface area (Å²) in [6, 6.07) is 16.6. The van der Waals surface area contributed by atoms with Crippen molar-refractivity contribution in [2.75, 3.05) is 26.0 Å². The van der Waals surface area contributed by atoms with Crippen LogP contribution in [0.5, 0.6) is 5.75 Å². The molecular formula is C25H28FN5O. The molecule has 2 aromatic carbocycles. The third kappa shape index (κ3) is 4.76. The van der Waals surface area contributed by atoms with Gasteiger partial charge in [0.1, 0.15) is 23.5 Å². The summed E-state index contributed by atoms with van der Waals surface area (Å²) < 4.78 is 21.4. The maximum Gasteiger partial charge on any atom is 0.149 e. The maximum atomic E-state index is 14.3. The highest BCUT2D eigenvalue weighted by molar-refractivity contribution is 5.67. The van der Waals surface area contributed by atoms with Crippen molar-refractivity contribution in [2.24, 2.45) is 5.92 Å². The lowest BCUT2D eigenvalue weighted by Gasteiger charge is -2.28. The van der Waals surface area contributed by atoms with Crippen molar-refractivity contribution in [2.45, 2.75) is 31.7 Å². The lowest BCUT2D eigenvalue weighted by molar-refractivity contribution is 0.306. The van der Waals surface area contributed by atoms with Crippen molar-refractivity contribution in [3.63, 3.8) is 0 Å². The molecule has 2 N–H and O–H groups in total. The molecule has 1 heterocycles. The minimum atomic E-state index is -0.540. The number of benzene rings is 2. The van der Waals surface area contributed by atoms with Gasteiger partial charge in [0.05, 0.1) is 24.1 Å². The van der Waals surface area contributed by atoms with Gasteiger partial charge >= 0.3 is 0 Å². The minimum absolute atomic E-state index is 0.0268. The Labute approximate surface area is 188 Å². The topological polar surface area (TPSA) is 74.9 Å². The molecule has 1 fully saturated rings. The van der Waals surface area contributed by atoms with Gasteiger partial charge in [-0.15, -0.1) is 5.10 Å². The van der Waals surface area contributed by atoms with Crippen LogP contribution in [-0.2, 0) is 0 Å². The van der Waals surface area contributed by atoms with Gasteiger partial charge in [-0.3, -0.25) is 0 Å². The van der Waals surface area contributed by atoms with Crippen LogP contribution in [0.4, 0.5) is 10.2 Å². The van der Waals surface area contributed by atoms with Crippen molar-refractivity contribution in [1.29, 1.82) is 5.26 Å². The first-order valence-corrected chi connectivity index (χ1v) is 11.0. The second-order valence-corrected chi connectivity index (χ2v) is 8.23. The third-order valence-corrected chi connectivity index (χ3v) is 6.17. The van der Waals surface area contributed by atoms with Gasteiger partial charge in [0, 0.05) is 24.2 Å². The highest BCUT2D eigenvalue weighted by Gasteiger charge is 2.21. The van der Waals surface area contributed by atoms with Crippen LogP contribution in [0, 0.1) is 23.1 Å². The van der Waals surface area contributed by atoms with E-state index < -0.39 is 5.82 Å². The van der Waals surface area contributed by atoms with E-state index in [4.69, 9.17) is 15.1 Å². The summed E-state index contributed by atoms with van der Waals surface area (Å²) in [7, 11) is 3.65. The number of nitrogens with one attached hydrogen (secondary N) is 2. The fourth-order valence-electron chi connectivity index (χ4n) is 4.35. The Hall–Kier alpha value is -3.37. The van der Waals surface area contributed by atoms with Crippen molar-refractivity contribution in [3.8, 4) is 28.8 Å². The molecule has 0 saturated heterocycles. The lowest BCUT2D eigenvalue weighted by Crippen LogP contribution is -2.33. The summed E-state index contributed by atoms with van der Waals surface area (Å²) in [6.07, 6.45) is 4.82. The van der Waals surface area contributed by atoms with Crippen LogP contribution >= 0.6 is 0 Å². The van der Waals surface area contributed by atoms with E-state index in [1.807, 2.05) is 43.4 Å². The zero-order chi connectivity index (χ0) is 22.5. The summed E-state index contributed by atoms with van der Waals surface area (Å²) in [6.45, 7) is 0.846. The Morgan fingerprint density at radius 2 is 2.00 bits per heavy atom. The zero-order valence-electron chi connectivity index (χ0n) is 18.4. The number of ether oxygens (including phenoxy) is 1. The quantitative estimate of drug-likeness (QED) is 0.563. The van der Waals surface area contributed by atoms with E-state index >= 15 is 0 Å². The van der Waals surface area contributed by atoms with Gasteiger partial charge in [-0.1, -0.05) is 12.5 Å². The smallest absolute Gasteiger partial charge is 0.149 e. The summed E-state index contributed by atoms with van der Waals surface area (Å²) in [5.41, 5.74) is 2.27. The van der Waals surface area contributed by atoms with Crippen molar-refractivity contribution in [1.82, 2.24) is 15.1 Å². The number of nitrogens with zero attached hydrogens (tertiary/aromatic N) is 3. The molecule has 6 nitrogen and oxygen atoms in total. The highest BCUT2D eigenvalue weighted by atomic mass is 19.1. The molecule has 0 aliphatic heterocycles. The molecule has 166 valence electrons. The van der Waals surface area contributed by atoms with Gasteiger partial charge < -0.3 is 15.4 Å². The molecule has 0 radical (unpaired) electrons. The molecule has 1 saturated carbocycles. The molecule has 1 aromatic heterocycles. The standard InChI is InChI=1S/C25H28FN5O/c1-28-20-5-3-4-17(12-20)16-29-25-14-24(18-6-7-19(15-27)23(26)13-18)31(30-25)21-8-10-22(32-2)11-9-21/h6-11,13-14,17,20,28H,3-5,12,16H2,1-2H3,(H,29,30)/t17-,20-/m1/s1. The van der Waals surface area contributed by atoms with Crippen molar-refractivity contribution in [3.05, 3.63) is 59.9 Å². The molecule has 0 bridgehead atoms. The number of aromatic nitrogens is 2. The molecule has 32 heavy (non-hydrogen) atoms. The average molecular weight is 434 g/mol. The van der Waals surface area contributed by atoms with Crippen LogP contribution in [0.2, 0.25) is 0 Å². The first kappa shape index (κ1) is 21.8. The Morgan fingerprint density at radius 1 is 1.19 bits per heavy atom. The molecule has 2 atom stereocenters. The van der Waals surface area contributed by atoms with E-state index in [1.54, 1.807) is 17.9 Å². The largest absolute Gasteiger partial charge is 0.497 e. The third-order valence-electron chi connectivity index (χ3n) is 6.17. The number of methoxy groups -OCH3 is 1. The molecule has 0 unspecified atom stereocenters. The predicted octanol–water partition coefficient (Wildman–Crippen LogP) is 4.75. The summed E-state index contributed by atoms with van der Waals surface area (Å²) in [5, 5.41) is 20.7. The maximum absolute atomic E-state index is 14.3. The van der Waals surface area contributed by atoms with Crippen molar-refractivity contribution < 1.29 is 9.13 Å². The second kappa shape index (κ2) is 9.84. The van der Waals surface area contributed by atoms with E-state index in [9.17, 15) is 4.39 Å². The first-order valence-electron chi connectivity index (χ1n) is 11.0. The number of hydrogen-bond donors (Lipinski definition) is 2. The molecule has 1 aliphatic carbocycles. The van der Waals surface area contributed by atoms with Crippen LogP contribution < -0.4 is 15.4 Å². The molecule has 1 aliphatic rings. The lowest BCUT2D eigenvalue weighted by atomic mass is 9.86. The minimum Gasteiger partial charge on any atom is -0.497 e. The monoisotopic (exact) mass is 433 g/mol. The Morgan fingerprint density at radius 3 is 2.69 bits per heavy atom. The van der Waals surface area contributed by atoms with E-state index in [2.05, 4.69) is 10.6 Å². The number of nitriles is 1. The fourth-order valence-corrected chi connectivity index (χ4v) is 4.35. The average Bonchev–Trinajstić information content (AvgIpc) is 3.27. The van der Waals surface area contributed by atoms with E-state index in [0.29, 0.717) is 17.5 Å². The molecule has 7 heteroatoms. The first-order chi connectivity index (χ1) is 15.6. The second-order valence-electron chi connectivity index (χ2n) is 8.23. The molecular weight excluding hydrogens is 405 g/mol. The van der Waals surface area contributed by atoms with Gasteiger partial charge in [0.15, 0.2) is 0 Å². The van der Waals surface area contributed by atoms with Gasteiger partial charge in [-0.25, -0.2) is 9.07 Å². The van der Waals surface area contributed by atoms with Gasteiger partial charge in [-0.05, 0) is 68.6 Å². The molecule has 4 rings (SSSR count). The van der Waals surface area contributed by atoms with Crippen LogP contribution in [0.25, 0.3) is 16.9 Å². The van der Waals surface area contributed by atoms with E-state index in [0.717, 1.165) is 35.9 Å². The van der Waals surface area contributed by atoms with Crippen molar-refractivity contribution >= 4 is 5.82 Å². The van der Waals surface area contributed by atoms with Gasteiger partial charge in [0.25, 0.3) is 0 Å². The normalized spacial score (nSPS) is 18.2. The van der Waals surface area contributed by atoms with E-state index in [1.165, 1.54) is 31.4 Å². The van der Waals surface area contributed by atoms with Crippen LogP contribution in [0.15, 0.2) is 48.5 Å². The fraction of sp³-hybridized carbons (Fsp3) is 0.360. The van der Waals surface area contributed by atoms with Crippen LogP contribution in [0.1, 0.15) is 31.2 Å². The Balaban J connectivity index is 1.63. The summed E-state index contributed by atoms with van der Waals surface area (Å²) in [4.78, 5) is 0.